The van der Waals surface area contributed by atoms with Crippen LogP contribution in [0, 0.1) is 6.92 Å². The third kappa shape index (κ3) is 3.90. The first-order valence-corrected chi connectivity index (χ1v) is 7.51. The van der Waals surface area contributed by atoms with Crippen molar-refractivity contribution in [3.8, 4) is 5.75 Å². The summed E-state index contributed by atoms with van der Waals surface area (Å²) in [6.45, 7) is 7.07. The lowest BCUT2D eigenvalue weighted by Gasteiger charge is -2.14. The number of esters is 1. The smallest absolute Gasteiger partial charge is 0.340 e. The Morgan fingerprint density at radius 2 is 2.12 bits per heavy atom. The molecule has 126 valence electrons. The van der Waals surface area contributed by atoms with Crippen LogP contribution in [0.5, 0.6) is 5.75 Å². The Hall–Kier alpha value is -2.89. The Kier molecular flexibility index (Phi) is 5.52. The Morgan fingerprint density at radius 3 is 2.79 bits per heavy atom. The minimum Gasteiger partial charge on any atom is -0.497 e. The Bertz CT molecular complexity index is 786. The van der Waals surface area contributed by atoms with Crippen molar-refractivity contribution in [2.45, 2.75) is 20.0 Å². The monoisotopic (exact) mass is 328 g/mol. The van der Waals surface area contributed by atoms with Crippen molar-refractivity contribution in [3.63, 3.8) is 0 Å². The molecule has 0 radical (unpaired) electrons. The van der Waals surface area contributed by atoms with Gasteiger partial charge in [-0.2, -0.15) is 0 Å². The average molecular weight is 328 g/mol. The zero-order valence-electron chi connectivity index (χ0n) is 14.0. The molecule has 24 heavy (non-hydrogen) atoms. The molecule has 0 aliphatic heterocycles. The fourth-order valence-corrected chi connectivity index (χ4v) is 2.17. The molecule has 1 amide bonds. The van der Waals surface area contributed by atoms with E-state index < -0.39 is 12.1 Å². The molecule has 0 bridgehead atoms. The molecule has 1 heterocycles. The van der Waals surface area contributed by atoms with Crippen LogP contribution in [0.2, 0.25) is 0 Å². The molecule has 0 aliphatic rings. The van der Waals surface area contributed by atoms with E-state index in [1.165, 1.54) is 6.92 Å². The van der Waals surface area contributed by atoms with Gasteiger partial charge in [0.15, 0.2) is 6.10 Å². The summed E-state index contributed by atoms with van der Waals surface area (Å²) in [5, 5.41) is 3.37. The van der Waals surface area contributed by atoms with E-state index >= 15 is 0 Å². The first-order chi connectivity index (χ1) is 11.5. The van der Waals surface area contributed by atoms with Crippen LogP contribution in [0.25, 0.3) is 10.9 Å². The highest BCUT2D eigenvalue weighted by Gasteiger charge is 2.20. The molecule has 0 fully saturated rings. The van der Waals surface area contributed by atoms with Gasteiger partial charge in [0.05, 0.1) is 23.9 Å². The first-order valence-electron chi connectivity index (χ1n) is 7.51. The molecule has 0 saturated carbocycles. The minimum absolute atomic E-state index is 0.319. The molecule has 1 aromatic carbocycles. The van der Waals surface area contributed by atoms with Crippen LogP contribution >= 0.6 is 0 Å². The number of amides is 1. The highest BCUT2D eigenvalue weighted by atomic mass is 16.5. The summed E-state index contributed by atoms with van der Waals surface area (Å²) in [6, 6.07) is 7.11. The lowest BCUT2D eigenvalue weighted by atomic mass is 10.1. The van der Waals surface area contributed by atoms with Crippen molar-refractivity contribution in [2.75, 3.05) is 13.7 Å². The number of carbonyl (C=O) groups excluding carboxylic acids is 2. The predicted octanol–water partition coefficient (Wildman–Crippen LogP) is 2.40. The Labute approximate surface area is 140 Å². The van der Waals surface area contributed by atoms with E-state index in [2.05, 4.69) is 16.9 Å². The lowest BCUT2D eigenvalue weighted by Crippen LogP contribution is -2.36. The summed E-state index contributed by atoms with van der Waals surface area (Å²) >= 11 is 0. The molecule has 2 aromatic rings. The number of aryl methyl sites for hydroxylation is 1. The number of fused-ring (bicyclic) bond motifs is 1. The molecule has 6 heteroatoms. The molecule has 0 aliphatic carbocycles. The largest absolute Gasteiger partial charge is 0.497 e. The Balaban J connectivity index is 2.21. The third-order valence-electron chi connectivity index (χ3n) is 3.51. The van der Waals surface area contributed by atoms with Gasteiger partial charge in [-0.3, -0.25) is 9.78 Å². The second kappa shape index (κ2) is 7.59. The number of ether oxygens (including phenoxy) is 2. The standard InChI is InChI=1S/C18H20N2O4/c1-5-8-19-17(21)12(3)24-18(22)15-9-13-6-7-14(23-4)10-16(13)20-11(15)2/h5-7,9-10,12H,1,8H2,2-4H3,(H,19,21)/t12-/m0/s1. The fraction of sp³-hybridized carbons (Fsp3) is 0.278. The molecule has 0 saturated heterocycles. The van der Waals surface area contributed by atoms with E-state index in [1.807, 2.05) is 6.07 Å². The minimum atomic E-state index is -0.900. The maximum atomic E-state index is 12.3. The van der Waals surface area contributed by atoms with Gasteiger partial charge in [-0.25, -0.2) is 4.79 Å². The number of methoxy groups -OCH3 is 1. The molecule has 2 rings (SSSR count). The van der Waals surface area contributed by atoms with E-state index in [0.29, 0.717) is 23.6 Å². The summed E-state index contributed by atoms with van der Waals surface area (Å²) in [5.41, 5.74) is 1.58. The number of hydrogen-bond donors (Lipinski definition) is 1. The molecule has 6 nitrogen and oxygen atoms in total. The van der Waals surface area contributed by atoms with E-state index in [-0.39, 0.29) is 5.91 Å². The van der Waals surface area contributed by atoms with Crippen molar-refractivity contribution in [1.29, 1.82) is 0 Å². The summed E-state index contributed by atoms with van der Waals surface area (Å²) in [5.74, 6) is -0.268. The van der Waals surface area contributed by atoms with Gasteiger partial charge in [-0.05, 0) is 32.0 Å². The van der Waals surface area contributed by atoms with Crippen molar-refractivity contribution < 1.29 is 19.1 Å². The van der Waals surface area contributed by atoms with Crippen molar-refractivity contribution in [3.05, 3.63) is 48.2 Å². The summed E-state index contributed by atoms with van der Waals surface area (Å²) in [6.07, 6.45) is 0.654. The molecule has 1 aromatic heterocycles. The highest BCUT2D eigenvalue weighted by Crippen LogP contribution is 2.22. The zero-order valence-corrected chi connectivity index (χ0v) is 14.0. The fourth-order valence-electron chi connectivity index (χ4n) is 2.17. The summed E-state index contributed by atoms with van der Waals surface area (Å²) < 4.78 is 10.4. The van der Waals surface area contributed by atoms with Crippen LogP contribution in [-0.2, 0) is 9.53 Å². The maximum Gasteiger partial charge on any atom is 0.340 e. The van der Waals surface area contributed by atoms with Crippen molar-refractivity contribution in [1.82, 2.24) is 10.3 Å². The van der Waals surface area contributed by atoms with Gasteiger partial charge in [0.25, 0.3) is 5.91 Å². The SMILES string of the molecule is C=CCNC(=O)[C@H](C)OC(=O)c1cc2ccc(OC)cc2nc1C. The molecule has 0 unspecified atom stereocenters. The quantitative estimate of drug-likeness (QED) is 0.651. The highest BCUT2D eigenvalue weighted by molar-refractivity contribution is 5.96. The van der Waals surface area contributed by atoms with Crippen molar-refractivity contribution >= 4 is 22.8 Å². The van der Waals surface area contributed by atoms with Gasteiger partial charge in [0, 0.05) is 18.0 Å². The van der Waals surface area contributed by atoms with E-state index in [0.717, 1.165) is 10.9 Å². The first kappa shape index (κ1) is 17.5. The van der Waals surface area contributed by atoms with Gasteiger partial charge < -0.3 is 14.8 Å². The van der Waals surface area contributed by atoms with Gasteiger partial charge in [0.2, 0.25) is 0 Å². The summed E-state index contributed by atoms with van der Waals surface area (Å²) in [4.78, 5) is 28.5. The number of pyridine rings is 1. The van der Waals surface area contributed by atoms with Gasteiger partial charge in [0.1, 0.15) is 5.75 Å². The van der Waals surface area contributed by atoms with Gasteiger partial charge >= 0.3 is 5.97 Å². The maximum absolute atomic E-state index is 12.3. The van der Waals surface area contributed by atoms with Crippen LogP contribution in [0.1, 0.15) is 23.0 Å². The molecular formula is C18H20N2O4. The summed E-state index contributed by atoms with van der Waals surface area (Å²) in [7, 11) is 1.58. The average Bonchev–Trinajstić information content (AvgIpc) is 2.58. The van der Waals surface area contributed by atoms with Gasteiger partial charge in [-0.15, -0.1) is 6.58 Å². The van der Waals surface area contributed by atoms with E-state index in [1.54, 1.807) is 38.3 Å². The van der Waals surface area contributed by atoms with Crippen molar-refractivity contribution in [2.24, 2.45) is 0 Å². The number of nitrogens with one attached hydrogen (secondary N) is 1. The molecule has 1 atom stereocenters. The second-order valence-corrected chi connectivity index (χ2v) is 5.26. The van der Waals surface area contributed by atoms with Crippen LogP contribution in [0.15, 0.2) is 36.9 Å². The van der Waals surface area contributed by atoms with Crippen LogP contribution in [0.4, 0.5) is 0 Å². The topological polar surface area (TPSA) is 77.5 Å². The number of rotatable bonds is 6. The predicted molar refractivity (Wildman–Crippen MR) is 91.1 cm³/mol. The van der Waals surface area contributed by atoms with E-state index in [9.17, 15) is 9.59 Å². The lowest BCUT2D eigenvalue weighted by molar-refractivity contribution is -0.128. The Morgan fingerprint density at radius 1 is 1.38 bits per heavy atom. The number of nitrogens with zero attached hydrogens (tertiary/aromatic N) is 1. The van der Waals surface area contributed by atoms with E-state index in [4.69, 9.17) is 9.47 Å². The van der Waals surface area contributed by atoms with Crippen LogP contribution < -0.4 is 10.1 Å². The van der Waals surface area contributed by atoms with Crippen LogP contribution in [0.3, 0.4) is 0 Å². The number of hydrogen-bond acceptors (Lipinski definition) is 5. The number of aromatic nitrogens is 1. The van der Waals surface area contributed by atoms with Crippen LogP contribution in [-0.4, -0.2) is 36.6 Å². The van der Waals surface area contributed by atoms with Gasteiger partial charge in [-0.1, -0.05) is 6.08 Å². The number of carbonyl (C=O) groups is 2. The normalized spacial score (nSPS) is 11.6. The molecule has 0 spiro atoms. The second-order valence-electron chi connectivity index (χ2n) is 5.26. The molecular weight excluding hydrogens is 308 g/mol. The zero-order chi connectivity index (χ0) is 17.7. The third-order valence-corrected chi connectivity index (χ3v) is 3.51. The number of benzene rings is 1. The molecule has 1 N–H and O–H groups in total.